The molecule has 0 fully saturated rings. The first-order chi connectivity index (χ1) is 10.9. The molecule has 0 aromatic heterocycles. The van der Waals surface area contributed by atoms with Gasteiger partial charge in [-0.25, -0.2) is 18.4 Å². The van der Waals surface area contributed by atoms with Gasteiger partial charge in [-0.1, -0.05) is 0 Å². The SMILES string of the molecule is COC(=O)C1=C(C(=O)OC)N(c2cc(F)cc(F)c2Br)COC1. The van der Waals surface area contributed by atoms with Gasteiger partial charge in [0.1, 0.15) is 24.1 Å². The van der Waals surface area contributed by atoms with Gasteiger partial charge in [0.15, 0.2) is 0 Å². The minimum Gasteiger partial charge on any atom is -0.466 e. The number of carbonyl (C=O) groups is 2. The quantitative estimate of drug-likeness (QED) is 0.580. The lowest BCUT2D eigenvalue weighted by Gasteiger charge is -2.31. The number of ether oxygens (including phenoxy) is 3. The molecule has 0 amide bonds. The normalized spacial score (nSPS) is 14.7. The van der Waals surface area contributed by atoms with Gasteiger partial charge in [0, 0.05) is 6.07 Å². The number of anilines is 1. The van der Waals surface area contributed by atoms with Crippen molar-refractivity contribution in [3.8, 4) is 0 Å². The summed E-state index contributed by atoms with van der Waals surface area (Å²) in [5, 5.41) is 0. The van der Waals surface area contributed by atoms with Gasteiger partial charge in [-0.15, -0.1) is 0 Å². The molecule has 0 aliphatic carbocycles. The third-order valence-corrected chi connectivity index (χ3v) is 3.88. The van der Waals surface area contributed by atoms with Gasteiger partial charge in [-0.05, 0) is 22.0 Å². The van der Waals surface area contributed by atoms with Gasteiger partial charge in [0.05, 0.1) is 36.6 Å². The molecule has 0 atom stereocenters. The van der Waals surface area contributed by atoms with E-state index < -0.39 is 23.6 Å². The van der Waals surface area contributed by atoms with E-state index in [0.717, 1.165) is 25.2 Å². The van der Waals surface area contributed by atoms with Crippen LogP contribution < -0.4 is 4.90 Å². The molecule has 23 heavy (non-hydrogen) atoms. The minimum atomic E-state index is -0.866. The van der Waals surface area contributed by atoms with E-state index in [1.165, 1.54) is 0 Å². The van der Waals surface area contributed by atoms with E-state index in [2.05, 4.69) is 25.4 Å². The summed E-state index contributed by atoms with van der Waals surface area (Å²) < 4.78 is 41.7. The molecule has 0 saturated carbocycles. The monoisotopic (exact) mass is 391 g/mol. The Morgan fingerprint density at radius 1 is 1.22 bits per heavy atom. The fourth-order valence-corrected chi connectivity index (χ4v) is 2.52. The van der Waals surface area contributed by atoms with Crippen molar-refractivity contribution >= 4 is 33.6 Å². The maximum atomic E-state index is 13.7. The second-order valence-corrected chi connectivity index (χ2v) is 5.23. The summed E-state index contributed by atoms with van der Waals surface area (Å²) in [5.41, 5.74) is -0.331. The van der Waals surface area contributed by atoms with Crippen LogP contribution in [-0.2, 0) is 23.8 Å². The van der Waals surface area contributed by atoms with Crippen LogP contribution in [0.3, 0.4) is 0 Å². The van der Waals surface area contributed by atoms with Gasteiger partial charge < -0.3 is 19.1 Å². The highest BCUT2D eigenvalue weighted by atomic mass is 79.9. The van der Waals surface area contributed by atoms with Crippen LogP contribution in [0.15, 0.2) is 27.9 Å². The molecule has 1 aliphatic rings. The number of hydrogen-bond donors (Lipinski definition) is 0. The van der Waals surface area contributed by atoms with E-state index in [1.807, 2.05) is 0 Å². The highest BCUT2D eigenvalue weighted by Crippen LogP contribution is 2.34. The van der Waals surface area contributed by atoms with Crippen LogP contribution in [0.25, 0.3) is 0 Å². The Morgan fingerprint density at radius 2 is 1.87 bits per heavy atom. The average molecular weight is 392 g/mol. The minimum absolute atomic E-state index is 0.0241. The summed E-state index contributed by atoms with van der Waals surface area (Å²) >= 11 is 2.99. The van der Waals surface area contributed by atoms with Crippen LogP contribution >= 0.6 is 15.9 Å². The Bertz CT molecular complexity index is 692. The van der Waals surface area contributed by atoms with Crippen LogP contribution in [0.1, 0.15) is 0 Å². The smallest absolute Gasteiger partial charge is 0.355 e. The highest BCUT2D eigenvalue weighted by molar-refractivity contribution is 9.10. The first-order valence-electron chi connectivity index (χ1n) is 6.30. The standard InChI is InChI=1S/C14H12BrF2NO5/c1-21-13(19)8-5-23-6-18(12(8)14(20)22-2)10-4-7(16)3-9(17)11(10)15/h3-4H,5-6H2,1-2H3. The lowest BCUT2D eigenvalue weighted by molar-refractivity contribution is -0.140. The van der Waals surface area contributed by atoms with Gasteiger partial charge in [-0.3, -0.25) is 0 Å². The average Bonchev–Trinajstić information content (AvgIpc) is 2.55. The molecule has 2 rings (SSSR count). The maximum absolute atomic E-state index is 13.7. The summed E-state index contributed by atoms with van der Waals surface area (Å²) in [5.74, 6) is -3.38. The largest absolute Gasteiger partial charge is 0.466 e. The molecule has 0 N–H and O–H groups in total. The second-order valence-electron chi connectivity index (χ2n) is 4.44. The molecule has 0 spiro atoms. The number of esters is 2. The Morgan fingerprint density at radius 3 is 2.48 bits per heavy atom. The topological polar surface area (TPSA) is 65.1 Å². The van der Waals surface area contributed by atoms with E-state index in [-0.39, 0.29) is 34.8 Å². The molecule has 1 aromatic carbocycles. The number of rotatable bonds is 3. The van der Waals surface area contributed by atoms with Crippen LogP contribution in [0, 0.1) is 11.6 Å². The Labute approximate surface area is 138 Å². The molecule has 0 radical (unpaired) electrons. The van der Waals surface area contributed by atoms with Crippen molar-refractivity contribution in [1.82, 2.24) is 0 Å². The van der Waals surface area contributed by atoms with Crippen LogP contribution in [-0.4, -0.2) is 39.5 Å². The zero-order chi connectivity index (χ0) is 17.1. The van der Waals surface area contributed by atoms with Crippen molar-refractivity contribution in [2.24, 2.45) is 0 Å². The Kier molecular flexibility index (Phi) is 5.32. The summed E-state index contributed by atoms with van der Waals surface area (Å²) in [4.78, 5) is 25.1. The lowest BCUT2D eigenvalue weighted by Crippen LogP contribution is -2.39. The zero-order valence-electron chi connectivity index (χ0n) is 12.2. The Balaban J connectivity index is 2.65. The molecule has 6 nitrogen and oxygen atoms in total. The van der Waals surface area contributed by atoms with Crippen LogP contribution in [0.2, 0.25) is 0 Å². The van der Waals surface area contributed by atoms with Crippen LogP contribution in [0.5, 0.6) is 0 Å². The molecule has 1 aliphatic heterocycles. The van der Waals surface area contributed by atoms with Gasteiger partial charge in [0.2, 0.25) is 0 Å². The van der Waals surface area contributed by atoms with E-state index in [0.29, 0.717) is 6.07 Å². The molecular weight excluding hydrogens is 380 g/mol. The van der Waals surface area contributed by atoms with Gasteiger partial charge in [0.25, 0.3) is 0 Å². The fourth-order valence-electron chi connectivity index (χ4n) is 2.07. The molecule has 1 aromatic rings. The summed E-state index contributed by atoms with van der Waals surface area (Å²) in [6.45, 7) is -0.393. The van der Waals surface area contributed by atoms with E-state index in [9.17, 15) is 18.4 Å². The first kappa shape index (κ1) is 17.4. The number of nitrogens with zero attached hydrogens (tertiary/aromatic N) is 1. The number of hydrogen-bond acceptors (Lipinski definition) is 6. The van der Waals surface area contributed by atoms with E-state index >= 15 is 0 Å². The van der Waals surface area contributed by atoms with E-state index in [4.69, 9.17) is 4.74 Å². The number of halogens is 3. The van der Waals surface area contributed by atoms with Crippen molar-refractivity contribution in [1.29, 1.82) is 0 Å². The first-order valence-corrected chi connectivity index (χ1v) is 7.09. The predicted octanol–water partition coefficient (Wildman–Crippen LogP) is 2.12. The third-order valence-electron chi connectivity index (χ3n) is 3.10. The van der Waals surface area contributed by atoms with Crippen LogP contribution in [0.4, 0.5) is 14.5 Å². The Hall–Kier alpha value is -2.00. The molecule has 9 heteroatoms. The number of methoxy groups -OCH3 is 2. The summed E-state index contributed by atoms with van der Waals surface area (Å²) in [7, 11) is 2.26. The van der Waals surface area contributed by atoms with Crippen molar-refractivity contribution in [2.45, 2.75) is 0 Å². The molecule has 124 valence electrons. The summed E-state index contributed by atoms with van der Waals surface area (Å²) in [6.07, 6.45) is 0. The number of carbonyl (C=O) groups excluding carboxylic acids is 2. The molecular formula is C14H12BrF2NO5. The molecule has 0 saturated heterocycles. The third kappa shape index (κ3) is 3.35. The van der Waals surface area contributed by atoms with E-state index in [1.54, 1.807) is 0 Å². The van der Waals surface area contributed by atoms with Crippen molar-refractivity contribution in [3.63, 3.8) is 0 Å². The molecule has 1 heterocycles. The summed E-state index contributed by atoms with van der Waals surface area (Å²) in [6, 6.07) is 1.68. The number of benzene rings is 1. The maximum Gasteiger partial charge on any atom is 0.355 e. The second kappa shape index (κ2) is 7.05. The van der Waals surface area contributed by atoms with Gasteiger partial charge in [-0.2, -0.15) is 0 Å². The zero-order valence-corrected chi connectivity index (χ0v) is 13.8. The van der Waals surface area contributed by atoms with Crippen molar-refractivity contribution in [3.05, 3.63) is 39.5 Å². The predicted molar refractivity (Wildman–Crippen MR) is 78.4 cm³/mol. The van der Waals surface area contributed by atoms with Crippen molar-refractivity contribution < 1.29 is 32.6 Å². The molecule has 0 unspecified atom stereocenters. The van der Waals surface area contributed by atoms with Crippen molar-refractivity contribution in [2.75, 3.05) is 32.5 Å². The lowest BCUT2D eigenvalue weighted by atomic mass is 10.1. The fraction of sp³-hybridized carbons (Fsp3) is 0.286. The molecule has 0 bridgehead atoms. The highest BCUT2D eigenvalue weighted by Gasteiger charge is 2.33. The van der Waals surface area contributed by atoms with Gasteiger partial charge >= 0.3 is 11.9 Å².